The third-order valence-electron chi connectivity index (χ3n) is 2.33. The first kappa shape index (κ1) is 15.1. The van der Waals surface area contributed by atoms with Crippen molar-refractivity contribution in [3.8, 4) is 0 Å². The fourth-order valence-corrected chi connectivity index (χ4v) is 1.36. The smallest absolute Gasteiger partial charge is 0.0946 e. The van der Waals surface area contributed by atoms with Gasteiger partial charge in [-0.05, 0) is 0 Å². The molecular weight excluding hydrogens is 234 g/mol. The fraction of sp³-hybridized carbons (Fsp3) is 0.750. The number of imidazole rings is 1. The van der Waals surface area contributed by atoms with Gasteiger partial charge in [0.25, 0.3) is 0 Å². The third kappa shape index (κ3) is 8.19. The lowest BCUT2D eigenvalue weighted by Gasteiger charge is -2.07. The molecule has 18 heavy (non-hydrogen) atoms. The molecule has 0 radical (unpaired) electrons. The summed E-state index contributed by atoms with van der Waals surface area (Å²) in [5.74, 6) is 0. The van der Waals surface area contributed by atoms with E-state index in [9.17, 15) is 0 Å². The van der Waals surface area contributed by atoms with Crippen molar-refractivity contribution >= 4 is 0 Å². The molecule has 1 aromatic heterocycles. The molecule has 0 unspecified atom stereocenters. The molecule has 0 spiro atoms. The summed E-state index contributed by atoms with van der Waals surface area (Å²) in [4.78, 5) is 3.98. The lowest BCUT2D eigenvalue weighted by atomic mass is 10.5. The van der Waals surface area contributed by atoms with E-state index in [1.807, 2.05) is 17.1 Å². The van der Waals surface area contributed by atoms with Crippen molar-refractivity contribution in [2.45, 2.75) is 6.54 Å². The van der Waals surface area contributed by atoms with Gasteiger partial charge in [0.15, 0.2) is 0 Å². The first-order chi connectivity index (χ1) is 8.93. The lowest BCUT2D eigenvalue weighted by molar-refractivity contribution is 0.0256. The van der Waals surface area contributed by atoms with Crippen LogP contribution in [0.25, 0.3) is 0 Å². The monoisotopic (exact) mass is 257 g/mol. The maximum absolute atomic E-state index is 5.40. The molecular formula is C12H23N3O3. The average molecular weight is 257 g/mol. The van der Waals surface area contributed by atoms with Gasteiger partial charge in [0.2, 0.25) is 0 Å². The normalized spacial score (nSPS) is 10.9. The molecule has 0 aromatic carbocycles. The molecule has 0 aliphatic heterocycles. The van der Waals surface area contributed by atoms with Gasteiger partial charge in [0.05, 0.1) is 39.4 Å². The first-order valence-electron chi connectivity index (χ1n) is 6.24. The third-order valence-corrected chi connectivity index (χ3v) is 2.33. The Morgan fingerprint density at radius 1 is 1.06 bits per heavy atom. The Kier molecular flexibility index (Phi) is 9.37. The molecule has 1 rings (SSSR count). The molecule has 0 aliphatic carbocycles. The maximum Gasteiger partial charge on any atom is 0.0946 e. The summed E-state index contributed by atoms with van der Waals surface area (Å²) in [6, 6.07) is 0. The zero-order valence-electron chi connectivity index (χ0n) is 11.0. The van der Waals surface area contributed by atoms with Crippen LogP contribution in [0.3, 0.4) is 0 Å². The van der Waals surface area contributed by atoms with Gasteiger partial charge in [-0.3, -0.25) is 0 Å². The second-order valence-corrected chi connectivity index (χ2v) is 3.77. The Morgan fingerprint density at radius 3 is 2.56 bits per heavy atom. The molecule has 0 amide bonds. The molecule has 0 bridgehead atoms. The number of nitrogens with zero attached hydrogens (tertiary/aromatic N) is 2. The molecule has 0 aliphatic rings. The van der Waals surface area contributed by atoms with E-state index < -0.39 is 0 Å². The number of hydrogen-bond donors (Lipinski definition) is 1. The predicted molar refractivity (Wildman–Crippen MR) is 68.6 cm³/mol. The number of rotatable bonds is 12. The molecule has 0 fully saturated rings. The zero-order valence-corrected chi connectivity index (χ0v) is 11.0. The van der Waals surface area contributed by atoms with Crippen molar-refractivity contribution in [3.05, 3.63) is 18.7 Å². The van der Waals surface area contributed by atoms with Gasteiger partial charge in [-0.1, -0.05) is 0 Å². The first-order valence-corrected chi connectivity index (χ1v) is 6.24. The van der Waals surface area contributed by atoms with Gasteiger partial charge in [0, 0.05) is 39.1 Å². The molecule has 6 nitrogen and oxygen atoms in total. The highest BCUT2D eigenvalue weighted by Crippen LogP contribution is 1.83. The van der Waals surface area contributed by atoms with Crippen LogP contribution < -0.4 is 5.32 Å². The Labute approximate surface area is 108 Å². The van der Waals surface area contributed by atoms with Crippen LogP contribution in [-0.4, -0.2) is 62.8 Å². The number of ether oxygens (including phenoxy) is 3. The van der Waals surface area contributed by atoms with Crippen molar-refractivity contribution in [1.82, 2.24) is 14.9 Å². The summed E-state index contributed by atoms with van der Waals surface area (Å²) >= 11 is 0. The molecule has 0 saturated heterocycles. The summed E-state index contributed by atoms with van der Waals surface area (Å²) in [7, 11) is 1.66. The van der Waals surface area contributed by atoms with E-state index in [0.717, 1.165) is 19.6 Å². The summed E-state index contributed by atoms with van der Waals surface area (Å²) in [5, 5.41) is 3.30. The number of hydrogen-bond acceptors (Lipinski definition) is 5. The van der Waals surface area contributed by atoms with Gasteiger partial charge < -0.3 is 24.1 Å². The highest BCUT2D eigenvalue weighted by Gasteiger charge is 1.92. The lowest BCUT2D eigenvalue weighted by Crippen LogP contribution is -2.24. The van der Waals surface area contributed by atoms with Crippen molar-refractivity contribution in [2.75, 3.05) is 53.2 Å². The highest BCUT2D eigenvalue weighted by molar-refractivity contribution is 4.73. The topological polar surface area (TPSA) is 57.5 Å². The number of aromatic nitrogens is 2. The summed E-state index contributed by atoms with van der Waals surface area (Å²) in [5.41, 5.74) is 0. The van der Waals surface area contributed by atoms with Crippen molar-refractivity contribution < 1.29 is 14.2 Å². The molecule has 0 saturated carbocycles. The van der Waals surface area contributed by atoms with Crippen LogP contribution in [0.5, 0.6) is 0 Å². The van der Waals surface area contributed by atoms with Gasteiger partial charge in [-0.25, -0.2) is 4.98 Å². The van der Waals surface area contributed by atoms with Gasteiger partial charge in [-0.15, -0.1) is 0 Å². The van der Waals surface area contributed by atoms with E-state index in [1.165, 1.54) is 0 Å². The van der Waals surface area contributed by atoms with Crippen molar-refractivity contribution in [1.29, 1.82) is 0 Å². The molecule has 6 heteroatoms. The molecule has 0 atom stereocenters. The van der Waals surface area contributed by atoms with Crippen molar-refractivity contribution in [2.24, 2.45) is 0 Å². The van der Waals surface area contributed by atoms with E-state index in [-0.39, 0.29) is 0 Å². The molecule has 1 aromatic rings. The van der Waals surface area contributed by atoms with Crippen molar-refractivity contribution in [3.63, 3.8) is 0 Å². The van der Waals surface area contributed by atoms with E-state index >= 15 is 0 Å². The second kappa shape index (κ2) is 11.2. The number of nitrogens with one attached hydrogen (secondary N) is 1. The van der Waals surface area contributed by atoms with Crippen LogP contribution in [0, 0.1) is 0 Å². The van der Waals surface area contributed by atoms with E-state index in [4.69, 9.17) is 14.2 Å². The Bertz CT molecular complexity index is 268. The van der Waals surface area contributed by atoms with Gasteiger partial charge in [0.1, 0.15) is 0 Å². The quantitative estimate of drug-likeness (QED) is 0.540. The standard InChI is InChI=1S/C12H23N3O3/c1-16-8-9-18-11-10-17-7-4-13-2-5-15-6-3-14-12-15/h3,6,12-13H,2,4-5,7-11H2,1H3. The largest absolute Gasteiger partial charge is 0.382 e. The van der Waals surface area contributed by atoms with Gasteiger partial charge in [-0.2, -0.15) is 0 Å². The summed E-state index contributed by atoms with van der Waals surface area (Å²) in [6.07, 6.45) is 5.55. The average Bonchev–Trinajstić information content (AvgIpc) is 2.89. The number of methoxy groups -OCH3 is 1. The van der Waals surface area contributed by atoms with Crippen LogP contribution in [0.1, 0.15) is 0 Å². The van der Waals surface area contributed by atoms with E-state index in [1.54, 1.807) is 13.3 Å². The Morgan fingerprint density at radius 2 is 1.83 bits per heavy atom. The minimum Gasteiger partial charge on any atom is -0.382 e. The Balaban J connectivity index is 1.73. The minimum absolute atomic E-state index is 0.623. The van der Waals surface area contributed by atoms with Crippen LogP contribution in [0.2, 0.25) is 0 Å². The summed E-state index contributed by atoms with van der Waals surface area (Å²) in [6.45, 7) is 5.93. The van der Waals surface area contributed by atoms with Crippen LogP contribution >= 0.6 is 0 Å². The van der Waals surface area contributed by atoms with Crippen LogP contribution in [0.15, 0.2) is 18.7 Å². The molecule has 1 heterocycles. The van der Waals surface area contributed by atoms with E-state index in [0.29, 0.717) is 33.0 Å². The predicted octanol–water partition coefficient (Wildman–Crippen LogP) is 0.152. The fourth-order valence-electron chi connectivity index (χ4n) is 1.36. The van der Waals surface area contributed by atoms with Crippen LogP contribution in [0.4, 0.5) is 0 Å². The Hall–Kier alpha value is -0.950. The molecule has 1 N–H and O–H groups in total. The maximum atomic E-state index is 5.40. The van der Waals surface area contributed by atoms with E-state index in [2.05, 4.69) is 10.3 Å². The second-order valence-electron chi connectivity index (χ2n) is 3.77. The van der Waals surface area contributed by atoms with Gasteiger partial charge >= 0.3 is 0 Å². The zero-order chi connectivity index (χ0) is 12.9. The SMILES string of the molecule is COCCOCCOCCNCCn1ccnc1. The van der Waals surface area contributed by atoms with Crippen LogP contribution in [-0.2, 0) is 20.8 Å². The highest BCUT2D eigenvalue weighted by atomic mass is 16.5. The molecule has 104 valence electrons. The minimum atomic E-state index is 0.623. The summed E-state index contributed by atoms with van der Waals surface area (Å²) < 4.78 is 17.6.